The average Bonchev–Trinajstić information content (AvgIpc) is 2.50. The third kappa shape index (κ3) is 4.28. The number of nitrogens with zero attached hydrogens (tertiary/aromatic N) is 4. The van der Waals surface area contributed by atoms with E-state index in [2.05, 4.69) is 25.1 Å². The van der Waals surface area contributed by atoms with Crippen molar-refractivity contribution in [3.63, 3.8) is 0 Å². The highest BCUT2D eigenvalue weighted by Crippen LogP contribution is 2.18. The standard InChI is InChI=1S/C15H25N5.ClH/c1-13-15(18-6-5-17-13)20-9-7-19(8-10-20)12-14-3-2-4-16-11-14;/h5-6,14,16H,2-4,7-12H2,1H3;1H. The van der Waals surface area contributed by atoms with Crippen molar-refractivity contribution in [3.05, 3.63) is 18.1 Å². The molecule has 2 fully saturated rings. The fourth-order valence-corrected chi connectivity index (χ4v) is 3.30. The van der Waals surface area contributed by atoms with Crippen LogP contribution >= 0.6 is 12.4 Å². The van der Waals surface area contributed by atoms with Crippen molar-refractivity contribution < 1.29 is 0 Å². The smallest absolute Gasteiger partial charge is 0.150 e. The van der Waals surface area contributed by atoms with Gasteiger partial charge < -0.3 is 10.2 Å². The van der Waals surface area contributed by atoms with Crippen molar-refractivity contribution in [3.8, 4) is 0 Å². The maximum Gasteiger partial charge on any atom is 0.150 e. The quantitative estimate of drug-likeness (QED) is 0.912. The highest BCUT2D eigenvalue weighted by Gasteiger charge is 2.22. The average molecular weight is 312 g/mol. The molecule has 0 saturated carbocycles. The summed E-state index contributed by atoms with van der Waals surface area (Å²) in [5.74, 6) is 1.90. The Bertz CT molecular complexity index is 428. The summed E-state index contributed by atoms with van der Waals surface area (Å²) in [6, 6.07) is 0. The molecule has 118 valence electrons. The first-order valence-electron chi connectivity index (χ1n) is 7.78. The number of aryl methyl sites for hydroxylation is 1. The molecule has 21 heavy (non-hydrogen) atoms. The Morgan fingerprint density at radius 3 is 2.62 bits per heavy atom. The molecule has 0 amide bonds. The predicted octanol–water partition coefficient (Wildman–Crippen LogP) is 1.33. The first-order chi connectivity index (χ1) is 9.83. The van der Waals surface area contributed by atoms with Gasteiger partial charge in [0.25, 0.3) is 0 Å². The second-order valence-corrected chi connectivity index (χ2v) is 5.97. The Morgan fingerprint density at radius 1 is 1.19 bits per heavy atom. The highest BCUT2D eigenvalue weighted by molar-refractivity contribution is 5.85. The van der Waals surface area contributed by atoms with E-state index in [-0.39, 0.29) is 12.4 Å². The summed E-state index contributed by atoms with van der Waals surface area (Å²) in [7, 11) is 0. The Hall–Kier alpha value is -0.910. The topological polar surface area (TPSA) is 44.3 Å². The summed E-state index contributed by atoms with van der Waals surface area (Å²) in [5, 5.41) is 3.51. The van der Waals surface area contributed by atoms with Gasteiger partial charge in [0.15, 0.2) is 0 Å². The minimum Gasteiger partial charge on any atom is -0.353 e. The molecular formula is C15H26ClN5. The lowest BCUT2D eigenvalue weighted by atomic mass is 9.99. The van der Waals surface area contributed by atoms with Crippen LogP contribution in [0.4, 0.5) is 5.82 Å². The molecule has 1 N–H and O–H groups in total. The Morgan fingerprint density at radius 2 is 1.95 bits per heavy atom. The molecule has 1 atom stereocenters. The first-order valence-corrected chi connectivity index (χ1v) is 7.78. The lowest BCUT2D eigenvalue weighted by Crippen LogP contribution is -2.49. The number of piperidine rings is 1. The van der Waals surface area contributed by atoms with E-state index in [1.807, 2.05) is 6.92 Å². The summed E-state index contributed by atoms with van der Waals surface area (Å²) < 4.78 is 0. The van der Waals surface area contributed by atoms with Crippen LogP contribution in [0.1, 0.15) is 18.5 Å². The van der Waals surface area contributed by atoms with Crippen molar-refractivity contribution in [2.24, 2.45) is 5.92 Å². The van der Waals surface area contributed by atoms with Gasteiger partial charge in [-0.1, -0.05) is 0 Å². The van der Waals surface area contributed by atoms with Gasteiger partial charge in [0.2, 0.25) is 0 Å². The van der Waals surface area contributed by atoms with E-state index in [0.717, 1.165) is 43.6 Å². The number of rotatable bonds is 3. The molecule has 1 aromatic heterocycles. The lowest BCUT2D eigenvalue weighted by molar-refractivity contribution is 0.198. The van der Waals surface area contributed by atoms with Crippen LogP contribution in [0.3, 0.4) is 0 Å². The van der Waals surface area contributed by atoms with Crippen molar-refractivity contribution in [1.29, 1.82) is 0 Å². The van der Waals surface area contributed by atoms with Crippen LogP contribution in [0.25, 0.3) is 0 Å². The van der Waals surface area contributed by atoms with Gasteiger partial charge in [0, 0.05) is 45.1 Å². The van der Waals surface area contributed by atoms with Crippen LogP contribution in [0.15, 0.2) is 12.4 Å². The van der Waals surface area contributed by atoms with Crippen LogP contribution in [0.2, 0.25) is 0 Å². The fraction of sp³-hybridized carbons (Fsp3) is 0.733. The maximum absolute atomic E-state index is 4.48. The SMILES string of the molecule is Cc1nccnc1N1CCN(CC2CCCNC2)CC1.Cl. The van der Waals surface area contributed by atoms with Crippen LogP contribution in [-0.4, -0.2) is 60.7 Å². The minimum atomic E-state index is 0. The number of piperazine rings is 1. The van der Waals surface area contributed by atoms with Crippen molar-refractivity contribution in [1.82, 2.24) is 20.2 Å². The molecule has 0 spiro atoms. The van der Waals surface area contributed by atoms with E-state index in [4.69, 9.17) is 0 Å². The lowest BCUT2D eigenvalue weighted by Gasteiger charge is -2.38. The third-order valence-corrected chi connectivity index (χ3v) is 4.44. The Labute approximate surface area is 133 Å². The molecule has 0 aromatic carbocycles. The molecule has 5 nitrogen and oxygen atoms in total. The van der Waals surface area contributed by atoms with Crippen molar-refractivity contribution in [2.75, 3.05) is 50.7 Å². The number of hydrogen-bond donors (Lipinski definition) is 1. The minimum absolute atomic E-state index is 0. The normalized spacial score (nSPS) is 23.7. The summed E-state index contributed by atoms with van der Waals surface area (Å²) in [4.78, 5) is 13.8. The van der Waals surface area contributed by atoms with E-state index >= 15 is 0 Å². The van der Waals surface area contributed by atoms with E-state index < -0.39 is 0 Å². The fourth-order valence-electron chi connectivity index (χ4n) is 3.30. The molecule has 1 aromatic rings. The molecular weight excluding hydrogens is 286 g/mol. The molecule has 2 saturated heterocycles. The zero-order valence-electron chi connectivity index (χ0n) is 12.8. The Balaban J connectivity index is 0.00000161. The molecule has 0 radical (unpaired) electrons. The van der Waals surface area contributed by atoms with Gasteiger partial charge in [-0.05, 0) is 38.8 Å². The van der Waals surface area contributed by atoms with Crippen molar-refractivity contribution >= 4 is 18.2 Å². The molecule has 2 aliphatic rings. The molecule has 3 heterocycles. The van der Waals surface area contributed by atoms with Gasteiger partial charge in [0.05, 0.1) is 5.69 Å². The van der Waals surface area contributed by atoms with E-state index in [0.29, 0.717) is 0 Å². The van der Waals surface area contributed by atoms with Gasteiger partial charge >= 0.3 is 0 Å². The van der Waals surface area contributed by atoms with Crippen molar-refractivity contribution in [2.45, 2.75) is 19.8 Å². The summed E-state index contributed by atoms with van der Waals surface area (Å²) >= 11 is 0. The second-order valence-electron chi connectivity index (χ2n) is 5.97. The number of nitrogens with one attached hydrogen (secondary N) is 1. The van der Waals surface area contributed by atoms with Gasteiger partial charge in [-0.25, -0.2) is 4.98 Å². The van der Waals surface area contributed by atoms with Gasteiger partial charge in [-0.3, -0.25) is 9.88 Å². The highest BCUT2D eigenvalue weighted by atomic mass is 35.5. The number of aromatic nitrogens is 2. The second kappa shape index (κ2) is 7.92. The van der Waals surface area contributed by atoms with E-state index in [1.165, 1.54) is 32.5 Å². The third-order valence-electron chi connectivity index (χ3n) is 4.44. The molecule has 1 unspecified atom stereocenters. The molecule has 2 aliphatic heterocycles. The van der Waals surface area contributed by atoms with Crippen LogP contribution in [0, 0.1) is 12.8 Å². The number of halogens is 1. The van der Waals surface area contributed by atoms with Gasteiger partial charge in [-0.2, -0.15) is 0 Å². The summed E-state index contributed by atoms with van der Waals surface area (Å²) in [5.41, 5.74) is 1.04. The van der Waals surface area contributed by atoms with Gasteiger partial charge in [0.1, 0.15) is 5.82 Å². The Kier molecular flexibility index (Phi) is 6.21. The van der Waals surface area contributed by atoms with E-state index in [1.54, 1.807) is 12.4 Å². The molecule has 0 bridgehead atoms. The first kappa shape index (κ1) is 16.5. The van der Waals surface area contributed by atoms with Gasteiger partial charge in [-0.15, -0.1) is 12.4 Å². The molecule has 0 aliphatic carbocycles. The van der Waals surface area contributed by atoms with Crippen LogP contribution in [-0.2, 0) is 0 Å². The largest absolute Gasteiger partial charge is 0.353 e. The molecule has 6 heteroatoms. The summed E-state index contributed by atoms with van der Waals surface area (Å²) in [6.07, 6.45) is 6.29. The van der Waals surface area contributed by atoms with E-state index in [9.17, 15) is 0 Å². The zero-order chi connectivity index (χ0) is 13.8. The number of anilines is 1. The zero-order valence-corrected chi connectivity index (χ0v) is 13.6. The van der Waals surface area contributed by atoms with Crippen LogP contribution in [0.5, 0.6) is 0 Å². The molecule has 3 rings (SSSR count). The van der Waals surface area contributed by atoms with Crippen LogP contribution < -0.4 is 10.2 Å². The summed E-state index contributed by atoms with van der Waals surface area (Å²) in [6.45, 7) is 10.1. The number of hydrogen-bond acceptors (Lipinski definition) is 5. The maximum atomic E-state index is 4.48. The monoisotopic (exact) mass is 311 g/mol. The predicted molar refractivity (Wildman–Crippen MR) is 88.3 cm³/mol.